The van der Waals surface area contributed by atoms with Crippen LogP contribution in [-0.4, -0.2) is 29.4 Å². The second-order valence-corrected chi connectivity index (χ2v) is 5.61. The highest BCUT2D eigenvalue weighted by atomic mass is 16.2. The van der Waals surface area contributed by atoms with Gasteiger partial charge in [0.2, 0.25) is 5.91 Å². The van der Waals surface area contributed by atoms with E-state index in [9.17, 15) is 4.79 Å². The van der Waals surface area contributed by atoms with Crippen molar-refractivity contribution in [1.29, 1.82) is 0 Å². The maximum Gasteiger partial charge on any atom is 0.227 e. The minimum absolute atomic E-state index is 0.0566. The van der Waals surface area contributed by atoms with Crippen LogP contribution in [0.5, 0.6) is 0 Å². The topological polar surface area (TPSA) is 46.3 Å². The molecule has 1 fully saturated rings. The maximum atomic E-state index is 12.5. The molecule has 0 spiro atoms. The third kappa shape index (κ3) is 3.35. The molecule has 104 valence electrons. The minimum Gasteiger partial charge on any atom is -0.338 e. The summed E-state index contributed by atoms with van der Waals surface area (Å²) in [5, 5.41) is 0. The molecular formula is C16H24N2O. The second-order valence-electron chi connectivity index (χ2n) is 5.61. The summed E-state index contributed by atoms with van der Waals surface area (Å²) in [7, 11) is 0. The molecule has 0 unspecified atom stereocenters. The summed E-state index contributed by atoms with van der Waals surface area (Å²) in [6, 6.07) is 8.37. The van der Waals surface area contributed by atoms with Gasteiger partial charge < -0.3 is 10.6 Å². The number of piperidine rings is 1. The van der Waals surface area contributed by atoms with Crippen molar-refractivity contribution in [1.82, 2.24) is 4.90 Å². The number of carbonyl (C=O) groups excluding carboxylic acids is 1. The van der Waals surface area contributed by atoms with E-state index in [1.165, 1.54) is 12.0 Å². The van der Waals surface area contributed by atoms with Gasteiger partial charge in [-0.25, -0.2) is 0 Å². The molecule has 1 heterocycles. The van der Waals surface area contributed by atoms with Crippen molar-refractivity contribution in [3.63, 3.8) is 0 Å². The normalized spacial score (nSPS) is 21.2. The Hall–Kier alpha value is -1.35. The van der Waals surface area contributed by atoms with Gasteiger partial charge in [0.1, 0.15) is 0 Å². The van der Waals surface area contributed by atoms with E-state index in [0.717, 1.165) is 24.9 Å². The Morgan fingerprint density at radius 1 is 1.42 bits per heavy atom. The Balaban J connectivity index is 2.08. The third-order valence-corrected chi connectivity index (χ3v) is 4.08. The van der Waals surface area contributed by atoms with E-state index in [1.54, 1.807) is 0 Å². The van der Waals surface area contributed by atoms with Crippen molar-refractivity contribution >= 4 is 5.91 Å². The van der Waals surface area contributed by atoms with E-state index >= 15 is 0 Å². The van der Waals surface area contributed by atoms with E-state index < -0.39 is 0 Å². The Bertz CT molecular complexity index is 442. The van der Waals surface area contributed by atoms with Gasteiger partial charge in [0.05, 0.1) is 6.42 Å². The molecule has 2 N–H and O–H groups in total. The number of hydrogen-bond acceptors (Lipinski definition) is 2. The number of aryl methyl sites for hydroxylation is 1. The largest absolute Gasteiger partial charge is 0.338 e. The van der Waals surface area contributed by atoms with Gasteiger partial charge in [0, 0.05) is 18.6 Å². The first-order chi connectivity index (χ1) is 9.09. The first kappa shape index (κ1) is 14.1. The number of nitrogens with zero attached hydrogens (tertiary/aromatic N) is 1. The van der Waals surface area contributed by atoms with Gasteiger partial charge in [0.25, 0.3) is 0 Å². The fourth-order valence-electron chi connectivity index (χ4n) is 2.89. The van der Waals surface area contributed by atoms with Crippen molar-refractivity contribution in [2.45, 2.75) is 51.6 Å². The molecule has 19 heavy (non-hydrogen) atoms. The Labute approximate surface area is 115 Å². The quantitative estimate of drug-likeness (QED) is 0.906. The van der Waals surface area contributed by atoms with Crippen LogP contribution in [0, 0.1) is 6.92 Å². The summed E-state index contributed by atoms with van der Waals surface area (Å²) in [5.74, 6) is 0.219. The number of rotatable bonds is 3. The molecule has 0 bridgehead atoms. The van der Waals surface area contributed by atoms with Crippen LogP contribution in [0.3, 0.4) is 0 Å². The zero-order valence-electron chi connectivity index (χ0n) is 11.9. The number of benzene rings is 1. The smallest absolute Gasteiger partial charge is 0.227 e. The molecule has 0 radical (unpaired) electrons. The van der Waals surface area contributed by atoms with Crippen LogP contribution < -0.4 is 5.73 Å². The average molecular weight is 260 g/mol. The third-order valence-electron chi connectivity index (χ3n) is 4.08. The standard InChI is InChI=1S/C16H24N2O/c1-12-7-3-4-8-14(12)11-16(19)18-10-6-5-9-15(18)13(2)17/h3-4,7-8,13,15H,5-6,9-11,17H2,1-2H3/t13-,15-/m0/s1. The van der Waals surface area contributed by atoms with Crippen LogP contribution in [0.25, 0.3) is 0 Å². The lowest BCUT2D eigenvalue weighted by Crippen LogP contribution is -2.52. The molecular weight excluding hydrogens is 236 g/mol. The van der Waals surface area contributed by atoms with Crippen molar-refractivity contribution in [2.24, 2.45) is 5.73 Å². The molecule has 1 aliphatic rings. The number of likely N-dealkylation sites (tertiary alicyclic amines) is 1. The van der Waals surface area contributed by atoms with E-state index in [-0.39, 0.29) is 18.0 Å². The van der Waals surface area contributed by atoms with Gasteiger partial charge >= 0.3 is 0 Å². The van der Waals surface area contributed by atoms with Gasteiger partial charge in [0.15, 0.2) is 0 Å². The molecule has 1 aromatic carbocycles. The maximum absolute atomic E-state index is 12.5. The number of nitrogens with two attached hydrogens (primary N) is 1. The van der Waals surface area contributed by atoms with Crippen molar-refractivity contribution in [3.05, 3.63) is 35.4 Å². The van der Waals surface area contributed by atoms with Gasteiger partial charge in [-0.15, -0.1) is 0 Å². The van der Waals surface area contributed by atoms with Crippen LogP contribution in [0.4, 0.5) is 0 Å². The first-order valence-corrected chi connectivity index (χ1v) is 7.19. The van der Waals surface area contributed by atoms with Gasteiger partial charge in [-0.2, -0.15) is 0 Å². The monoisotopic (exact) mass is 260 g/mol. The van der Waals surface area contributed by atoms with Crippen LogP contribution >= 0.6 is 0 Å². The fourth-order valence-corrected chi connectivity index (χ4v) is 2.89. The highest BCUT2D eigenvalue weighted by molar-refractivity contribution is 5.79. The highest BCUT2D eigenvalue weighted by Gasteiger charge is 2.29. The summed E-state index contributed by atoms with van der Waals surface area (Å²) in [6.07, 6.45) is 3.82. The molecule has 2 atom stereocenters. The van der Waals surface area contributed by atoms with Crippen LogP contribution in [0.2, 0.25) is 0 Å². The molecule has 1 saturated heterocycles. The summed E-state index contributed by atoms with van der Waals surface area (Å²) >= 11 is 0. The second kappa shape index (κ2) is 6.20. The number of amides is 1. The van der Waals surface area contributed by atoms with Crippen LogP contribution in [0.15, 0.2) is 24.3 Å². The highest BCUT2D eigenvalue weighted by Crippen LogP contribution is 2.20. The molecule has 1 aliphatic heterocycles. The summed E-state index contributed by atoms with van der Waals surface area (Å²) in [6.45, 7) is 4.92. The lowest BCUT2D eigenvalue weighted by atomic mass is 9.95. The predicted molar refractivity (Wildman–Crippen MR) is 77.9 cm³/mol. The SMILES string of the molecule is Cc1ccccc1CC(=O)N1CCCC[C@H]1[C@H](C)N. The van der Waals surface area contributed by atoms with Crippen molar-refractivity contribution in [2.75, 3.05) is 6.54 Å². The summed E-state index contributed by atoms with van der Waals surface area (Å²) < 4.78 is 0. The van der Waals surface area contributed by atoms with Crippen molar-refractivity contribution in [3.8, 4) is 0 Å². The Morgan fingerprint density at radius 3 is 2.84 bits per heavy atom. The number of carbonyl (C=O) groups is 1. The number of hydrogen-bond donors (Lipinski definition) is 1. The lowest BCUT2D eigenvalue weighted by molar-refractivity contribution is -0.134. The molecule has 0 saturated carbocycles. The first-order valence-electron chi connectivity index (χ1n) is 7.19. The molecule has 3 nitrogen and oxygen atoms in total. The van der Waals surface area contributed by atoms with E-state index in [1.807, 2.05) is 30.0 Å². The summed E-state index contributed by atoms with van der Waals surface area (Å²) in [5.41, 5.74) is 8.34. The van der Waals surface area contributed by atoms with Gasteiger partial charge in [-0.05, 0) is 44.2 Å². The van der Waals surface area contributed by atoms with Crippen LogP contribution in [0.1, 0.15) is 37.3 Å². The summed E-state index contributed by atoms with van der Waals surface area (Å²) in [4.78, 5) is 14.5. The predicted octanol–water partition coefficient (Wildman–Crippen LogP) is 2.27. The van der Waals surface area contributed by atoms with Gasteiger partial charge in [-0.1, -0.05) is 24.3 Å². The zero-order valence-corrected chi connectivity index (χ0v) is 11.9. The molecule has 0 aliphatic carbocycles. The zero-order chi connectivity index (χ0) is 13.8. The Morgan fingerprint density at radius 2 is 2.16 bits per heavy atom. The molecule has 1 amide bonds. The van der Waals surface area contributed by atoms with E-state index in [2.05, 4.69) is 13.0 Å². The molecule has 0 aromatic heterocycles. The molecule has 3 heteroatoms. The molecule has 2 rings (SSSR count). The van der Waals surface area contributed by atoms with Crippen LogP contribution in [-0.2, 0) is 11.2 Å². The van der Waals surface area contributed by atoms with Gasteiger partial charge in [-0.3, -0.25) is 4.79 Å². The van der Waals surface area contributed by atoms with Crippen molar-refractivity contribution < 1.29 is 4.79 Å². The lowest BCUT2D eigenvalue weighted by Gasteiger charge is -2.38. The van der Waals surface area contributed by atoms with E-state index in [4.69, 9.17) is 5.73 Å². The minimum atomic E-state index is 0.0566. The average Bonchev–Trinajstić information content (AvgIpc) is 2.41. The Kier molecular flexibility index (Phi) is 4.59. The molecule has 1 aromatic rings. The fraction of sp³-hybridized carbons (Fsp3) is 0.562. The van der Waals surface area contributed by atoms with E-state index in [0.29, 0.717) is 6.42 Å².